The van der Waals surface area contributed by atoms with Crippen molar-refractivity contribution in [2.45, 2.75) is 18.2 Å². The van der Waals surface area contributed by atoms with Gasteiger partial charge in [0.25, 0.3) is 0 Å². The molecule has 0 bridgehead atoms. The van der Waals surface area contributed by atoms with Gasteiger partial charge in [-0.1, -0.05) is 23.8 Å². The lowest BCUT2D eigenvalue weighted by atomic mass is 10.1. The van der Waals surface area contributed by atoms with E-state index < -0.39 is 15.8 Å². The number of sulfonamides is 1. The van der Waals surface area contributed by atoms with Crippen molar-refractivity contribution in [1.29, 1.82) is 0 Å². The summed E-state index contributed by atoms with van der Waals surface area (Å²) in [6.45, 7) is 2.17. The first-order valence-corrected chi connectivity index (χ1v) is 8.29. The molecule has 2 rings (SSSR count). The van der Waals surface area contributed by atoms with Crippen molar-refractivity contribution in [2.24, 2.45) is 0 Å². The van der Waals surface area contributed by atoms with Gasteiger partial charge >= 0.3 is 0 Å². The van der Waals surface area contributed by atoms with Gasteiger partial charge in [-0.25, -0.2) is 17.5 Å². The van der Waals surface area contributed by atoms with E-state index in [9.17, 15) is 12.8 Å². The Morgan fingerprint density at radius 3 is 2.64 bits per heavy atom. The highest BCUT2D eigenvalue weighted by atomic mass is 32.2. The minimum absolute atomic E-state index is 0.0799. The Morgan fingerprint density at radius 1 is 1.18 bits per heavy atom. The molecule has 0 amide bonds. The lowest BCUT2D eigenvalue weighted by molar-refractivity contribution is 0.409. The maximum absolute atomic E-state index is 13.1. The summed E-state index contributed by atoms with van der Waals surface area (Å²) in [6, 6.07) is 10.7. The highest BCUT2D eigenvalue weighted by Gasteiger charge is 2.14. The summed E-state index contributed by atoms with van der Waals surface area (Å²) in [5.74, 6) is 0.138. The van der Waals surface area contributed by atoms with Gasteiger partial charge < -0.3 is 4.74 Å². The third kappa shape index (κ3) is 4.05. The van der Waals surface area contributed by atoms with Crippen LogP contribution in [0.25, 0.3) is 0 Å². The predicted molar refractivity (Wildman–Crippen MR) is 83.0 cm³/mol. The molecule has 0 aliphatic heterocycles. The molecule has 0 saturated heterocycles. The lowest BCUT2D eigenvalue weighted by Gasteiger charge is -2.11. The van der Waals surface area contributed by atoms with Crippen LogP contribution in [0.4, 0.5) is 4.39 Å². The van der Waals surface area contributed by atoms with Gasteiger partial charge in [-0.3, -0.25) is 0 Å². The summed E-state index contributed by atoms with van der Waals surface area (Å²) in [5, 5.41) is 0. The van der Waals surface area contributed by atoms with E-state index in [1.165, 1.54) is 18.2 Å². The van der Waals surface area contributed by atoms with Crippen molar-refractivity contribution >= 4 is 10.0 Å². The van der Waals surface area contributed by atoms with Crippen LogP contribution in [-0.4, -0.2) is 22.1 Å². The fourth-order valence-corrected chi connectivity index (χ4v) is 3.20. The molecule has 4 nitrogen and oxygen atoms in total. The van der Waals surface area contributed by atoms with Crippen LogP contribution < -0.4 is 9.46 Å². The standard InChI is InChI=1S/C16H18FNO3S/c1-12-6-7-16(21-2)13(10-12)8-9-18-22(19,20)15-5-3-4-14(17)11-15/h3-7,10-11,18H,8-9H2,1-2H3. The van der Waals surface area contributed by atoms with E-state index in [4.69, 9.17) is 4.74 Å². The highest BCUT2D eigenvalue weighted by molar-refractivity contribution is 7.89. The molecule has 22 heavy (non-hydrogen) atoms. The van der Waals surface area contributed by atoms with E-state index in [1.807, 2.05) is 25.1 Å². The molecule has 0 unspecified atom stereocenters. The van der Waals surface area contributed by atoms with Gasteiger partial charge in [0.1, 0.15) is 11.6 Å². The van der Waals surface area contributed by atoms with Crippen LogP contribution in [0.15, 0.2) is 47.4 Å². The van der Waals surface area contributed by atoms with E-state index in [0.717, 1.165) is 22.9 Å². The van der Waals surface area contributed by atoms with E-state index in [1.54, 1.807) is 7.11 Å². The molecule has 6 heteroatoms. The summed E-state index contributed by atoms with van der Waals surface area (Å²) < 4.78 is 45.0. The van der Waals surface area contributed by atoms with Crippen LogP contribution in [0.2, 0.25) is 0 Å². The second-order valence-corrected chi connectivity index (χ2v) is 6.69. The average Bonchev–Trinajstić information content (AvgIpc) is 2.47. The van der Waals surface area contributed by atoms with Crippen LogP contribution in [0.1, 0.15) is 11.1 Å². The van der Waals surface area contributed by atoms with Gasteiger partial charge in [-0.15, -0.1) is 0 Å². The Kier molecular flexibility index (Phi) is 5.15. The minimum atomic E-state index is -3.71. The van der Waals surface area contributed by atoms with Crippen LogP contribution in [0.3, 0.4) is 0 Å². The topological polar surface area (TPSA) is 55.4 Å². The highest BCUT2D eigenvalue weighted by Crippen LogP contribution is 2.20. The molecule has 0 atom stereocenters. The Morgan fingerprint density at radius 2 is 1.95 bits per heavy atom. The van der Waals surface area contributed by atoms with Gasteiger partial charge in [-0.2, -0.15) is 0 Å². The molecule has 118 valence electrons. The summed E-state index contributed by atoms with van der Waals surface area (Å²) in [6.07, 6.45) is 0.486. The molecule has 0 spiro atoms. The molecule has 0 heterocycles. The SMILES string of the molecule is COc1ccc(C)cc1CCNS(=O)(=O)c1cccc(F)c1. The Hall–Kier alpha value is -1.92. The number of hydrogen-bond donors (Lipinski definition) is 1. The first-order chi connectivity index (χ1) is 10.4. The molecule has 0 aromatic heterocycles. The third-order valence-electron chi connectivity index (χ3n) is 3.23. The third-order valence-corrected chi connectivity index (χ3v) is 4.69. The normalized spacial score (nSPS) is 11.4. The number of benzene rings is 2. The largest absolute Gasteiger partial charge is 0.496 e. The fraction of sp³-hybridized carbons (Fsp3) is 0.250. The van der Waals surface area contributed by atoms with Crippen molar-refractivity contribution < 1.29 is 17.5 Å². The number of rotatable bonds is 6. The maximum Gasteiger partial charge on any atom is 0.240 e. The summed E-state index contributed by atoms with van der Waals surface area (Å²) in [4.78, 5) is -0.0799. The number of nitrogens with one attached hydrogen (secondary N) is 1. The van der Waals surface area contributed by atoms with Crippen molar-refractivity contribution in [3.63, 3.8) is 0 Å². The van der Waals surface area contributed by atoms with Crippen LogP contribution >= 0.6 is 0 Å². The van der Waals surface area contributed by atoms with Crippen molar-refractivity contribution in [1.82, 2.24) is 4.72 Å². The minimum Gasteiger partial charge on any atom is -0.496 e. The van der Waals surface area contributed by atoms with Crippen molar-refractivity contribution in [2.75, 3.05) is 13.7 Å². The number of ether oxygens (including phenoxy) is 1. The number of hydrogen-bond acceptors (Lipinski definition) is 3. The van der Waals surface area contributed by atoms with Gasteiger partial charge in [0.2, 0.25) is 10.0 Å². The second-order valence-electron chi connectivity index (χ2n) is 4.92. The van der Waals surface area contributed by atoms with Crippen molar-refractivity contribution in [3.05, 3.63) is 59.4 Å². The second kappa shape index (κ2) is 6.89. The number of aryl methyl sites for hydroxylation is 1. The Bertz CT molecular complexity index is 760. The molecule has 0 fully saturated rings. The monoisotopic (exact) mass is 323 g/mol. The molecule has 0 aliphatic rings. The van der Waals surface area contributed by atoms with Gasteiger partial charge in [0, 0.05) is 6.54 Å². The molecule has 0 aliphatic carbocycles. The Balaban J connectivity index is 2.06. The zero-order valence-corrected chi connectivity index (χ0v) is 13.3. The predicted octanol–water partition coefficient (Wildman–Crippen LogP) is 2.66. The molecule has 0 saturated carbocycles. The van der Waals surface area contributed by atoms with E-state index >= 15 is 0 Å². The van der Waals surface area contributed by atoms with E-state index in [-0.39, 0.29) is 11.4 Å². The molecule has 1 N–H and O–H groups in total. The van der Waals surface area contributed by atoms with E-state index in [2.05, 4.69) is 4.72 Å². The molecule has 0 radical (unpaired) electrons. The first kappa shape index (κ1) is 16.5. The van der Waals surface area contributed by atoms with Crippen molar-refractivity contribution in [3.8, 4) is 5.75 Å². The van der Waals surface area contributed by atoms with Gasteiger partial charge in [0.05, 0.1) is 12.0 Å². The first-order valence-electron chi connectivity index (χ1n) is 6.81. The van der Waals surface area contributed by atoms with Crippen LogP contribution in [0, 0.1) is 12.7 Å². The summed E-state index contributed by atoms with van der Waals surface area (Å²) in [5.41, 5.74) is 1.99. The molecule has 2 aromatic carbocycles. The Labute approximate surface area is 130 Å². The average molecular weight is 323 g/mol. The molecular formula is C16H18FNO3S. The number of methoxy groups -OCH3 is 1. The quantitative estimate of drug-likeness (QED) is 0.889. The smallest absolute Gasteiger partial charge is 0.240 e. The van der Waals surface area contributed by atoms with E-state index in [0.29, 0.717) is 6.42 Å². The zero-order valence-electron chi connectivity index (χ0n) is 12.5. The van der Waals surface area contributed by atoms with Crippen LogP contribution in [-0.2, 0) is 16.4 Å². The number of halogens is 1. The molecule has 2 aromatic rings. The van der Waals surface area contributed by atoms with Gasteiger partial charge in [-0.05, 0) is 43.2 Å². The fourth-order valence-electron chi connectivity index (χ4n) is 2.14. The molecular weight excluding hydrogens is 305 g/mol. The van der Waals surface area contributed by atoms with Gasteiger partial charge in [0.15, 0.2) is 0 Å². The lowest BCUT2D eigenvalue weighted by Crippen LogP contribution is -2.26. The van der Waals surface area contributed by atoms with Crippen LogP contribution in [0.5, 0.6) is 5.75 Å². The maximum atomic E-state index is 13.1. The summed E-state index contributed by atoms with van der Waals surface area (Å²) >= 11 is 0. The summed E-state index contributed by atoms with van der Waals surface area (Å²) in [7, 11) is -2.14. The zero-order chi connectivity index (χ0) is 16.2.